The summed E-state index contributed by atoms with van der Waals surface area (Å²) in [4.78, 5) is 19.3. The Labute approximate surface area is 233 Å². The summed E-state index contributed by atoms with van der Waals surface area (Å²) in [5, 5.41) is 4.96. The van der Waals surface area contributed by atoms with Crippen LogP contribution in [0.2, 0.25) is 5.02 Å². The Morgan fingerprint density at radius 2 is 1.82 bits per heavy atom. The largest absolute Gasteiger partial charge is 0.371 e. The summed E-state index contributed by atoms with van der Waals surface area (Å²) in [5.41, 5.74) is 2.35. The van der Waals surface area contributed by atoms with E-state index in [2.05, 4.69) is 39.4 Å². The molecule has 3 aliphatic rings. The summed E-state index contributed by atoms with van der Waals surface area (Å²) >= 11 is 8.30. The SMILES string of the molecule is CNC1CCC(N(Cc2cccc(N3CCC4(CC3)OCCO4)c2)C(=O)c2sc3ccccc3c2Cl)CC1. The summed E-state index contributed by atoms with van der Waals surface area (Å²) in [5.74, 6) is -0.336. The van der Waals surface area contributed by atoms with Crippen molar-refractivity contribution < 1.29 is 14.3 Å². The van der Waals surface area contributed by atoms with Gasteiger partial charge in [-0.1, -0.05) is 41.9 Å². The van der Waals surface area contributed by atoms with Gasteiger partial charge >= 0.3 is 0 Å². The number of halogens is 1. The highest BCUT2D eigenvalue weighted by Gasteiger charge is 2.40. The maximum Gasteiger partial charge on any atom is 0.266 e. The van der Waals surface area contributed by atoms with Crippen molar-refractivity contribution in [1.82, 2.24) is 10.2 Å². The topological polar surface area (TPSA) is 54.0 Å². The van der Waals surface area contributed by atoms with Crippen LogP contribution >= 0.6 is 22.9 Å². The van der Waals surface area contributed by atoms with E-state index < -0.39 is 0 Å². The van der Waals surface area contributed by atoms with E-state index in [0.29, 0.717) is 35.7 Å². The zero-order valence-corrected chi connectivity index (χ0v) is 23.5. The number of anilines is 1. The van der Waals surface area contributed by atoms with Crippen LogP contribution in [0.1, 0.15) is 53.8 Å². The molecule has 38 heavy (non-hydrogen) atoms. The third kappa shape index (κ3) is 5.19. The number of carbonyl (C=O) groups excluding carboxylic acids is 1. The van der Waals surface area contributed by atoms with E-state index in [9.17, 15) is 4.79 Å². The van der Waals surface area contributed by atoms with Crippen molar-refractivity contribution in [2.45, 2.75) is 62.9 Å². The van der Waals surface area contributed by atoms with Crippen LogP contribution < -0.4 is 10.2 Å². The molecule has 3 heterocycles. The van der Waals surface area contributed by atoms with Crippen LogP contribution in [-0.2, 0) is 16.0 Å². The Hall–Kier alpha value is -2.16. The van der Waals surface area contributed by atoms with Crippen molar-refractivity contribution in [2.75, 3.05) is 38.3 Å². The first-order chi connectivity index (χ1) is 18.5. The summed E-state index contributed by atoms with van der Waals surface area (Å²) in [6.45, 7) is 3.77. The molecule has 8 heteroatoms. The lowest BCUT2D eigenvalue weighted by molar-refractivity contribution is -0.169. The number of nitrogens with one attached hydrogen (secondary N) is 1. The number of ether oxygens (including phenoxy) is 2. The van der Waals surface area contributed by atoms with Crippen molar-refractivity contribution in [3.05, 3.63) is 64.0 Å². The van der Waals surface area contributed by atoms with Crippen LogP contribution in [0.25, 0.3) is 10.1 Å². The fourth-order valence-corrected chi connectivity index (χ4v) is 7.73. The molecule has 1 saturated carbocycles. The molecule has 2 aliphatic heterocycles. The summed E-state index contributed by atoms with van der Waals surface area (Å²) < 4.78 is 12.9. The molecule has 1 N–H and O–H groups in total. The summed E-state index contributed by atoms with van der Waals surface area (Å²) in [7, 11) is 2.03. The van der Waals surface area contributed by atoms with Crippen molar-refractivity contribution in [1.29, 1.82) is 0 Å². The van der Waals surface area contributed by atoms with Gasteiger partial charge in [-0.15, -0.1) is 11.3 Å². The highest BCUT2D eigenvalue weighted by molar-refractivity contribution is 7.21. The lowest BCUT2D eigenvalue weighted by Gasteiger charge is -2.39. The minimum Gasteiger partial charge on any atom is -0.371 e. The fraction of sp³-hybridized carbons (Fsp3) is 0.500. The second-order valence-corrected chi connectivity index (χ2v) is 12.2. The first kappa shape index (κ1) is 26.1. The van der Waals surface area contributed by atoms with Crippen molar-refractivity contribution >= 4 is 44.6 Å². The van der Waals surface area contributed by atoms with Gasteiger partial charge < -0.3 is 24.6 Å². The molecule has 0 radical (unpaired) electrons. The van der Waals surface area contributed by atoms with Crippen molar-refractivity contribution in [3.63, 3.8) is 0 Å². The van der Waals surface area contributed by atoms with Gasteiger partial charge in [-0.3, -0.25) is 4.79 Å². The second-order valence-electron chi connectivity index (χ2n) is 10.7. The van der Waals surface area contributed by atoms with Gasteiger partial charge in [0.1, 0.15) is 4.88 Å². The number of nitrogens with zero attached hydrogens (tertiary/aromatic N) is 2. The molecular weight excluding hydrogens is 518 g/mol. The third-order valence-electron chi connectivity index (χ3n) is 8.50. The summed E-state index contributed by atoms with van der Waals surface area (Å²) in [6.07, 6.45) is 5.89. The van der Waals surface area contributed by atoms with E-state index in [4.69, 9.17) is 21.1 Å². The molecule has 1 aromatic heterocycles. The van der Waals surface area contributed by atoms with Gasteiger partial charge in [0, 0.05) is 60.3 Å². The van der Waals surface area contributed by atoms with E-state index in [1.54, 1.807) is 0 Å². The van der Waals surface area contributed by atoms with Crippen LogP contribution in [0.15, 0.2) is 48.5 Å². The van der Waals surface area contributed by atoms with E-state index in [1.807, 2.05) is 31.3 Å². The average molecular weight is 554 g/mol. The minimum absolute atomic E-state index is 0.0463. The monoisotopic (exact) mass is 553 g/mol. The number of piperidine rings is 1. The molecule has 6 nitrogen and oxygen atoms in total. The first-order valence-corrected chi connectivity index (χ1v) is 15.0. The molecule has 0 atom stereocenters. The highest BCUT2D eigenvalue weighted by atomic mass is 35.5. The maximum atomic E-state index is 14.1. The molecule has 0 bridgehead atoms. The third-order valence-corrected chi connectivity index (χ3v) is 10.2. The van der Waals surface area contributed by atoms with Gasteiger partial charge in [0.15, 0.2) is 5.79 Å². The molecule has 3 fully saturated rings. The fourth-order valence-electron chi connectivity index (χ4n) is 6.26. The van der Waals surface area contributed by atoms with E-state index in [0.717, 1.165) is 67.3 Å². The Morgan fingerprint density at radius 1 is 1.08 bits per heavy atom. The highest BCUT2D eigenvalue weighted by Crippen LogP contribution is 2.38. The molecule has 2 saturated heterocycles. The number of benzene rings is 2. The molecule has 1 amide bonds. The number of rotatable bonds is 6. The molecule has 1 aliphatic carbocycles. The second kappa shape index (κ2) is 11.1. The number of hydrogen-bond donors (Lipinski definition) is 1. The normalized spacial score (nSPS) is 23.3. The predicted octanol–water partition coefficient (Wildman–Crippen LogP) is 6.07. The van der Waals surface area contributed by atoms with Crippen LogP contribution in [0.4, 0.5) is 5.69 Å². The quantitative estimate of drug-likeness (QED) is 0.401. The van der Waals surface area contributed by atoms with Crippen LogP contribution in [0.5, 0.6) is 0 Å². The van der Waals surface area contributed by atoms with Gasteiger partial charge in [-0.05, 0) is 56.5 Å². The zero-order chi connectivity index (χ0) is 26.1. The predicted molar refractivity (Wildman–Crippen MR) is 154 cm³/mol. The number of amides is 1. The van der Waals surface area contributed by atoms with Gasteiger partial charge in [0.05, 0.1) is 18.2 Å². The van der Waals surface area contributed by atoms with Crippen molar-refractivity contribution in [3.8, 4) is 0 Å². The number of hydrogen-bond acceptors (Lipinski definition) is 6. The Bertz CT molecular complexity index is 1270. The average Bonchev–Trinajstić information content (AvgIpc) is 3.56. The Balaban J connectivity index is 1.24. The smallest absolute Gasteiger partial charge is 0.266 e. The number of thiophene rings is 1. The van der Waals surface area contributed by atoms with Gasteiger partial charge in [0.25, 0.3) is 5.91 Å². The molecular formula is C30H36ClN3O3S. The van der Waals surface area contributed by atoms with Crippen LogP contribution in [-0.4, -0.2) is 62.0 Å². The van der Waals surface area contributed by atoms with E-state index >= 15 is 0 Å². The summed E-state index contributed by atoms with van der Waals surface area (Å²) in [6, 6.07) is 17.4. The van der Waals surface area contributed by atoms with Crippen molar-refractivity contribution in [2.24, 2.45) is 0 Å². The first-order valence-electron chi connectivity index (χ1n) is 13.8. The van der Waals surface area contributed by atoms with Gasteiger partial charge in [0.2, 0.25) is 0 Å². The minimum atomic E-state index is -0.382. The lowest BCUT2D eigenvalue weighted by atomic mass is 9.89. The molecule has 0 unspecified atom stereocenters. The Kier molecular flexibility index (Phi) is 7.65. The van der Waals surface area contributed by atoms with Crippen LogP contribution in [0.3, 0.4) is 0 Å². The number of fused-ring (bicyclic) bond motifs is 1. The molecule has 6 rings (SSSR count). The maximum absolute atomic E-state index is 14.1. The van der Waals surface area contributed by atoms with Crippen LogP contribution in [0, 0.1) is 0 Å². The molecule has 2 aromatic carbocycles. The number of carbonyl (C=O) groups is 1. The van der Waals surface area contributed by atoms with Gasteiger partial charge in [-0.2, -0.15) is 0 Å². The van der Waals surface area contributed by atoms with E-state index in [1.165, 1.54) is 17.0 Å². The van der Waals surface area contributed by atoms with Gasteiger partial charge in [-0.25, -0.2) is 0 Å². The standard InChI is InChI=1S/C30H36ClN3O3S/c1-32-22-9-11-23(12-10-22)34(29(35)28-27(31)25-7-2-3-8-26(25)38-28)20-21-5-4-6-24(19-21)33-15-13-30(14-16-33)36-17-18-37-30/h2-8,19,22-23,32H,9-18,20H2,1H3. The van der Waals surface area contributed by atoms with E-state index in [-0.39, 0.29) is 17.7 Å². The Morgan fingerprint density at radius 3 is 2.53 bits per heavy atom. The lowest BCUT2D eigenvalue weighted by Crippen LogP contribution is -2.45. The zero-order valence-electron chi connectivity index (χ0n) is 22.0. The molecule has 3 aromatic rings. The molecule has 1 spiro atoms. The molecule has 202 valence electrons.